The number of hydrogen-bond acceptors (Lipinski definition) is 3. The van der Waals surface area contributed by atoms with Crippen LogP contribution in [0.25, 0.3) is 0 Å². The van der Waals surface area contributed by atoms with E-state index in [1.807, 2.05) is 44.7 Å². The summed E-state index contributed by atoms with van der Waals surface area (Å²) in [6.07, 6.45) is 1.75. The predicted octanol–water partition coefficient (Wildman–Crippen LogP) is 3.89. The lowest BCUT2D eigenvalue weighted by atomic mass is 9.80. The SMILES string of the molecule is Cc1cc(C)c2c(c1)OC1(CCN(C(=O)C(C)(C)CCl)CC1)CC2=O. The first-order chi connectivity index (χ1) is 11.7. The van der Waals surface area contributed by atoms with E-state index in [0.717, 1.165) is 16.7 Å². The molecule has 0 bridgehead atoms. The molecule has 1 saturated heterocycles. The molecule has 0 N–H and O–H groups in total. The summed E-state index contributed by atoms with van der Waals surface area (Å²) < 4.78 is 6.35. The van der Waals surface area contributed by atoms with Crippen molar-refractivity contribution >= 4 is 23.3 Å². The van der Waals surface area contributed by atoms with Crippen LogP contribution in [0.3, 0.4) is 0 Å². The van der Waals surface area contributed by atoms with Gasteiger partial charge in [-0.2, -0.15) is 0 Å². The minimum Gasteiger partial charge on any atom is -0.486 e. The lowest BCUT2D eigenvalue weighted by molar-refractivity contribution is -0.142. The van der Waals surface area contributed by atoms with Gasteiger partial charge in [0.25, 0.3) is 0 Å². The summed E-state index contributed by atoms with van der Waals surface area (Å²) in [5.74, 6) is 1.23. The average molecular weight is 364 g/mol. The zero-order chi connectivity index (χ0) is 18.4. The third-order valence-electron chi connectivity index (χ3n) is 5.41. The Kier molecular flexibility index (Phi) is 4.61. The van der Waals surface area contributed by atoms with Gasteiger partial charge in [-0.1, -0.05) is 6.07 Å². The molecule has 0 unspecified atom stereocenters. The molecule has 0 atom stereocenters. The van der Waals surface area contributed by atoms with Crippen LogP contribution in [0.4, 0.5) is 0 Å². The maximum Gasteiger partial charge on any atom is 0.229 e. The molecule has 0 radical (unpaired) electrons. The van der Waals surface area contributed by atoms with Gasteiger partial charge in [-0.15, -0.1) is 11.6 Å². The molecule has 136 valence electrons. The highest BCUT2D eigenvalue weighted by Crippen LogP contribution is 2.41. The van der Waals surface area contributed by atoms with Crippen LogP contribution in [0.1, 0.15) is 54.6 Å². The molecule has 1 amide bonds. The molecule has 1 fully saturated rings. The van der Waals surface area contributed by atoms with Crippen molar-refractivity contribution in [1.82, 2.24) is 4.90 Å². The van der Waals surface area contributed by atoms with Crippen molar-refractivity contribution < 1.29 is 14.3 Å². The Balaban J connectivity index is 1.78. The molecular formula is C20H26ClNO3. The molecule has 5 heteroatoms. The molecule has 2 aliphatic rings. The van der Waals surface area contributed by atoms with Gasteiger partial charge in [-0.3, -0.25) is 9.59 Å². The van der Waals surface area contributed by atoms with E-state index in [1.54, 1.807) is 0 Å². The van der Waals surface area contributed by atoms with Crippen molar-refractivity contribution in [3.8, 4) is 5.75 Å². The fourth-order valence-corrected chi connectivity index (χ4v) is 4.01. The number of likely N-dealkylation sites (tertiary alicyclic amines) is 1. The first kappa shape index (κ1) is 18.2. The summed E-state index contributed by atoms with van der Waals surface area (Å²) in [5.41, 5.74) is 1.75. The molecule has 0 aromatic heterocycles. The molecule has 1 spiro atoms. The van der Waals surface area contributed by atoms with Crippen LogP contribution >= 0.6 is 11.6 Å². The number of carbonyl (C=O) groups excluding carboxylic acids is 2. The van der Waals surface area contributed by atoms with E-state index in [9.17, 15) is 9.59 Å². The van der Waals surface area contributed by atoms with Crippen LogP contribution in [-0.4, -0.2) is 41.2 Å². The van der Waals surface area contributed by atoms with Crippen LogP contribution in [0.2, 0.25) is 0 Å². The number of alkyl halides is 1. The minimum atomic E-state index is -0.559. The molecule has 2 heterocycles. The molecule has 1 aromatic rings. The normalized spacial score (nSPS) is 19.6. The quantitative estimate of drug-likeness (QED) is 0.749. The summed E-state index contributed by atoms with van der Waals surface area (Å²) in [5, 5.41) is 0. The summed E-state index contributed by atoms with van der Waals surface area (Å²) in [6, 6.07) is 3.98. The maximum absolute atomic E-state index is 12.7. The number of amides is 1. The van der Waals surface area contributed by atoms with Crippen molar-refractivity contribution in [1.29, 1.82) is 0 Å². The lowest BCUT2D eigenvalue weighted by Gasteiger charge is -2.45. The van der Waals surface area contributed by atoms with Gasteiger partial charge < -0.3 is 9.64 Å². The fraction of sp³-hybridized carbons (Fsp3) is 0.600. The van der Waals surface area contributed by atoms with Crippen molar-refractivity contribution in [2.45, 2.75) is 52.6 Å². The topological polar surface area (TPSA) is 46.6 Å². The Bertz CT molecular complexity index is 718. The third kappa shape index (κ3) is 3.29. The fourth-order valence-electron chi connectivity index (χ4n) is 3.90. The number of rotatable bonds is 2. The standard InChI is InChI=1S/C20H26ClNO3/c1-13-9-14(2)17-15(23)11-20(25-16(17)10-13)5-7-22(8-6-20)18(24)19(3,4)12-21/h9-10H,5-8,11-12H2,1-4H3. The number of benzene rings is 1. The van der Waals surface area contributed by atoms with Crippen molar-refractivity contribution in [2.24, 2.45) is 5.41 Å². The Morgan fingerprint density at radius 1 is 1.28 bits per heavy atom. The Morgan fingerprint density at radius 2 is 1.92 bits per heavy atom. The van der Waals surface area contributed by atoms with E-state index in [2.05, 4.69) is 0 Å². The van der Waals surface area contributed by atoms with Gasteiger partial charge in [-0.05, 0) is 44.9 Å². The van der Waals surface area contributed by atoms with Crippen molar-refractivity contribution in [3.05, 3.63) is 28.8 Å². The monoisotopic (exact) mass is 363 g/mol. The number of ketones is 1. The molecular weight excluding hydrogens is 338 g/mol. The second-order valence-corrected chi connectivity index (χ2v) is 8.42. The third-order valence-corrected chi connectivity index (χ3v) is 6.07. The van der Waals surface area contributed by atoms with Crippen LogP contribution < -0.4 is 4.74 Å². The van der Waals surface area contributed by atoms with Crippen molar-refractivity contribution in [3.63, 3.8) is 0 Å². The number of halogens is 1. The smallest absolute Gasteiger partial charge is 0.229 e. The molecule has 3 rings (SSSR count). The van der Waals surface area contributed by atoms with Gasteiger partial charge in [0.1, 0.15) is 11.4 Å². The van der Waals surface area contributed by atoms with Gasteiger partial charge in [0, 0.05) is 31.8 Å². The van der Waals surface area contributed by atoms with E-state index >= 15 is 0 Å². The van der Waals surface area contributed by atoms with Crippen LogP contribution in [0.15, 0.2) is 12.1 Å². The lowest BCUT2D eigenvalue weighted by Crippen LogP contribution is -2.54. The Morgan fingerprint density at radius 3 is 2.52 bits per heavy atom. The molecule has 0 saturated carbocycles. The average Bonchev–Trinajstić information content (AvgIpc) is 2.53. The number of aryl methyl sites for hydroxylation is 2. The molecule has 25 heavy (non-hydrogen) atoms. The summed E-state index contributed by atoms with van der Waals surface area (Å²) in [4.78, 5) is 27.2. The van der Waals surface area contributed by atoms with Gasteiger partial charge in [-0.25, -0.2) is 0 Å². The minimum absolute atomic E-state index is 0.0755. The molecule has 0 aliphatic carbocycles. The molecule has 1 aromatic carbocycles. The van der Waals surface area contributed by atoms with E-state index in [1.165, 1.54) is 0 Å². The van der Waals surface area contributed by atoms with Crippen LogP contribution in [-0.2, 0) is 4.79 Å². The highest BCUT2D eigenvalue weighted by molar-refractivity contribution is 6.19. The van der Waals surface area contributed by atoms with Gasteiger partial charge in [0.2, 0.25) is 5.91 Å². The summed E-state index contributed by atoms with van der Waals surface area (Å²) in [6.45, 7) is 8.92. The van der Waals surface area contributed by atoms with E-state index in [4.69, 9.17) is 16.3 Å². The van der Waals surface area contributed by atoms with E-state index in [-0.39, 0.29) is 11.7 Å². The van der Waals surface area contributed by atoms with Gasteiger partial charge >= 0.3 is 0 Å². The second kappa shape index (κ2) is 6.31. The first-order valence-corrected chi connectivity index (χ1v) is 9.40. The second-order valence-electron chi connectivity index (χ2n) is 8.15. The number of hydrogen-bond donors (Lipinski definition) is 0. The number of fused-ring (bicyclic) bond motifs is 1. The predicted molar refractivity (Wildman–Crippen MR) is 98.5 cm³/mol. The molecule has 2 aliphatic heterocycles. The zero-order valence-electron chi connectivity index (χ0n) is 15.4. The first-order valence-electron chi connectivity index (χ1n) is 8.86. The summed E-state index contributed by atoms with van der Waals surface area (Å²) >= 11 is 5.94. The highest BCUT2D eigenvalue weighted by Gasteiger charge is 2.45. The number of Topliss-reactive ketones (excluding diaryl/α,β-unsaturated/α-hetero) is 1. The summed E-state index contributed by atoms with van der Waals surface area (Å²) in [7, 11) is 0. The zero-order valence-corrected chi connectivity index (χ0v) is 16.2. The molecule has 4 nitrogen and oxygen atoms in total. The van der Waals surface area contributed by atoms with Crippen molar-refractivity contribution in [2.75, 3.05) is 19.0 Å². The number of piperidine rings is 1. The van der Waals surface area contributed by atoms with Crippen LogP contribution in [0, 0.1) is 19.3 Å². The Labute approximate surface area is 154 Å². The largest absolute Gasteiger partial charge is 0.486 e. The number of nitrogens with zero attached hydrogens (tertiary/aromatic N) is 1. The van der Waals surface area contributed by atoms with E-state index < -0.39 is 11.0 Å². The number of carbonyl (C=O) groups is 2. The van der Waals surface area contributed by atoms with E-state index in [0.29, 0.717) is 44.0 Å². The highest BCUT2D eigenvalue weighted by atomic mass is 35.5. The van der Waals surface area contributed by atoms with Crippen LogP contribution in [0.5, 0.6) is 5.75 Å². The number of ether oxygens (including phenoxy) is 1. The van der Waals surface area contributed by atoms with Gasteiger partial charge in [0.05, 0.1) is 17.4 Å². The maximum atomic E-state index is 12.7. The van der Waals surface area contributed by atoms with Gasteiger partial charge in [0.15, 0.2) is 5.78 Å². The Hall–Kier alpha value is -1.55.